The highest BCUT2D eigenvalue weighted by atomic mass is 32.1. The number of aliphatic carboxylic acids is 1. The molecular weight excluding hydrogens is 1710 g/mol. The molecule has 0 unspecified atom stereocenters. The number of hydrogen-bond donors (Lipinski definition) is 31. The van der Waals surface area contributed by atoms with Crippen molar-refractivity contribution in [3.8, 4) is 11.5 Å². The number of carbonyl (C=O) groups is 16. The van der Waals surface area contributed by atoms with E-state index >= 15 is 0 Å². The fourth-order valence-electron chi connectivity index (χ4n) is 13.1. The van der Waals surface area contributed by atoms with Crippen LogP contribution in [0.25, 0.3) is 0 Å². The summed E-state index contributed by atoms with van der Waals surface area (Å²) in [7, 11) is 0. The zero-order valence-corrected chi connectivity index (χ0v) is 75.1. The Bertz CT molecular complexity index is 4040. The van der Waals surface area contributed by atoms with Gasteiger partial charge in [-0.05, 0) is 165 Å². The predicted octanol–water partition coefficient (Wildman–Crippen LogP) is -9.44. The number of aliphatic hydroxyl groups excluding tert-OH is 3. The van der Waals surface area contributed by atoms with E-state index in [-0.39, 0.29) is 140 Å². The number of unbranched alkanes of at least 4 members (excludes halogenated alkanes) is 1. The number of phenolic OH excluding ortho intramolecular Hbond substituents is 2. The monoisotopic (exact) mass is 1850 g/mol. The number of β-amino-alcohol motifs (C(OH)–C–C–N with tert-alkyl or cyclic N) is 1. The van der Waals surface area contributed by atoms with E-state index in [9.17, 15) is 107 Å². The van der Waals surface area contributed by atoms with Gasteiger partial charge in [0.25, 0.3) is 0 Å². The molecule has 0 aliphatic carbocycles. The molecule has 0 saturated carbocycles. The van der Waals surface area contributed by atoms with Crippen LogP contribution >= 0.6 is 25.3 Å². The first-order valence-corrected chi connectivity index (χ1v) is 43.3. The number of aromatic hydroxyl groups is 2. The van der Waals surface area contributed by atoms with E-state index < -0.39 is 227 Å². The molecule has 15 amide bonds. The summed E-state index contributed by atoms with van der Waals surface area (Å²) in [6.07, 6.45) is -4.25. The number of nitrogens with two attached hydrogens (primary N) is 7. The SMILES string of the molecule is CC[C@H](C)[C@H](NC(=O)[C@@H]1C[C@@H](O)CN1C(=O)[C@@H](N)C(C)C)C(=O)N[C@H](C(=O)N[C@@H](Cc1ccc(O)cc1)C(=O)N[C@@H](CO)C(=O)N[C@@H](C)C(=O)N[C@@H](CCCNC(=N)N)C(=O)N[C@@H](CCN)C(=O)N[C@H](C(=O)N[C@H](CCN)C(=O)N[C@@H](CCCCN)C(=O)N[C@@H](CCN)C(=O)N[C@@H](CCN)C(=O)N[C@@H](CS)C(=O)N[C@@H](Cc1ccc(O)cc1)C(=O)O)[C@@H](C)O)C(C)(C)S. The third-order valence-electron chi connectivity index (χ3n) is 20.9. The van der Waals surface area contributed by atoms with Crippen LogP contribution in [0.4, 0.5) is 0 Å². The summed E-state index contributed by atoms with van der Waals surface area (Å²) in [6, 6.07) is -13.5. The van der Waals surface area contributed by atoms with Crippen molar-refractivity contribution in [3.63, 3.8) is 0 Å². The highest BCUT2D eigenvalue weighted by Gasteiger charge is 2.45. The Morgan fingerprint density at radius 1 is 0.492 bits per heavy atom. The minimum atomic E-state index is -1.92. The van der Waals surface area contributed by atoms with E-state index in [4.69, 9.17) is 45.5 Å². The van der Waals surface area contributed by atoms with E-state index in [0.29, 0.717) is 24.0 Å². The van der Waals surface area contributed by atoms with Gasteiger partial charge < -0.3 is 155 Å². The number of nitrogens with one attached hydrogen (secondary N) is 16. The average Bonchev–Trinajstić information content (AvgIpc) is 1.67. The van der Waals surface area contributed by atoms with E-state index in [1.807, 2.05) is 0 Å². The van der Waals surface area contributed by atoms with Gasteiger partial charge in [0.2, 0.25) is 88.6 Å². The Morgan fingerprint density at radius 3 is 1.29 bits per heavy atom. The second-order valence-corrected chi connectivity index (χ2v) is 33.7. The van der Waals surface area contributed by atoms with Crippen molar-refractivity contribution < 1.29 is 107 Å². The summed E-state index contributed by atoms with van der Waals surface area (Å²) in [6.45, 7) is 9.79. The average molecular weight is 1850 g/mol. The Balaban J connectivity index is 1.85. The van der Waals surface area contributed by atoms with Gasteiger partial charge in [-0.25, -0.2) is 4.79 Å². The van der Waals surface area contributed by atoms with E-state index in [1.165, 1.54) is 62.4 Å². The molecule has 19 atom stereocenters. The summed E-state index contributed by atoms with van der Waals surface area (Å²) in [5.74, 6) is -18.2. The van der Waals surface area contributed by atoms with Crippen LogP contribution < -0.4 is 120 Å². The molecule has 1 saturated heterocycles. The van der Waals surface area contributed by atoms with Crippen LogP contribution in [0.5, 0.6) is 11.5 Å². The van der Waals surface area contributed by atoms with Crippen LogP contribution in [0.2, 0.25) is 0 Å². The van der Waals surface area contributed by atoms with Crippen LogP contribution in [0.3, 0.4) is 0 Å². The molecule has 0 bridgehead atoms. The van der Waals surface area contributed by atoms with Gasteiger partial charge in [0.05, 0.1) is 24.9 Å². The second kappa shape index (κ2) is 55.8. The van der Waals surface area contributed by atoms with Crippen molar-refractivity contribution in [1.29, 1.82) is 5.41 Å². The molecule has 1 aliphatic heterocycles. The van der Waals surface area contributed by atoms with Gasteiger partial charge in [-0.3, -0.25) is 77.3 Å². The lowest BCUT2D eigenvalue weighted by Gasteiger charge is -2.34. The molecule has 3 rings (SSSR count). The molecule has 1 aliphatic rings. The molecule has 0 radical (unpaired) electrons. The number of carboxylic acids is 1. The number of carboxylic acid groups (broad SMARTS) is 1. The molecule has 0 aromatic heterocycles. The third kappa shape index (κ3) is 37.1. The van der Waals surface area contributed by atoms with Crippen molar-refractivity contribution in [2.75, 3.05) is 58.2 Å². The quantitative estimate of drug-likeness (QED) is 0.0127. The Hall–Kier alpha value is -10.8. The van der Waals surface area contributed by atoms with Crippen molar-refractivity contribution >= 4 is 126 Å². The maximum Gasteiger partial charge on any atom is 0.326 e. The highest BCUT2D eigenvalue weighted by molar-refractivity contribution is 7.81. The highest BCUT2D eigenvalue weighted by Crippen LogP contribution is 2.24. The third-order valence-corrected chi connectivity index (χ3v) is 21.5. The number of carbonyl (C=O) groups excluding carboxylic acids is 15. The molecule has 48 heteroatoms. The number of hydrogen-bond acceptors (Lipinski definition) is 30. The molecular formula is C80H134N24O22S2. The first kappa shape index (κ1) is 111. The normalized spacial score (nSPS) is 17.1. The lowest BCUT2D eigenvalue weighted by atomic mass is 9.95. The molecule has 2 aromatic carbocycles. The van der Waals surface area contributed by atoms with Gasteiger partial charge in [-0.2, -0.15) is 25.3 Å². The Kier molecular flexibility index (Phi) is 48.5. The van der Waals surface area contributed by atoms with Crippen molar-refractivity contribution in [2.24, 2.45) is 52.0 Å². The number of phenols is 2. The largest absolute Gasteiger partial charge is 0.508 e. The standard InChI is InChI=1S/C80H134N24O22S2/c1-9-40(4)60(101-73(120)58-35-47(109)36-104(58)77(124)59(86)39(2)3)74(121)103-62(80(7,8)128)76(123)97-54(33-43-15-19-45(107)20-16-43)70(117)99-56(37-105)71(118)90-41(5)63(110)91-49(14-12-32-89-79(87)88)65(112)95-53(26-31-85)69(116)102-61(42(6)106)75(122)96-52(25-30-84)67(114)92-48(13-10-11-27-81)64(111)93-50(23-28-82)66(113)94-51(24-29-83)68(115)100-57(38-127)72(119)98-55(78(125)126)34-44-17-21-46(108)22-18-44/h15-22,39-42,47-62,105-109,127-128H,9-14,23-38,81-86H2,1-8H3,(H,90,118)(H,91,110)(H,92,114)(H,93,111)(H,94,113)(H,95,112)(H,96,122)(H,97,123)(H,98,119)(H,99,117)(H,100,115)(H,101,120)(H,102,116)(H,103,121)(H,125,126)(H4,87,88,89)/t40-,41-,42+,47+,48-,49-,50-,51-,52+,53-,54-,55-,56-,57-,58-,59-,60-,61-,62+/m0/s1. The second-order valence-electron chi connectivity index (χ2n) is 32.2. The number of likely N-dealkylation sites (tertiary alicyclic amines) is 1. The topological polar surface area (TPSA) is 784 Å². The Morgan fingerprint density at radius 2 is 0.875 bits per heavy atom. The lowest BCUT2D eigenvalue weighted by molar-refractivity contribution is -0.142. The summed E-state index contributed by atoms with van der Waals surface area (Å²) in [5.41, 5.74) is 41.7. The molecule has 718 valence electrons. The predicted molar refractivity (Wildman–Crippen MR) is 475 cm³/mol. The van der Waals surface area contributed by atoms with E-state index in [1.54, 1.807) is 27.7 Å². The van der Waals surface area contributed by atoms with Crippen LogP contribution in [-0.4, -0.2) is 308 Å². The van der Waals surface area contributed by atoms with E-state index in [2.05, 4.69) is 105 Å². The summed E-state index contributed by atoms with van der Waals surface area (Å²) in [4.78, 5) is 225. The number of amides is 15. The van der Waals surface area contributed by atoms with Crippen LogP contribution in [-0.2, 0) is 89.6 Å². The smallest absolute Gasteiger partial charge is 0.326 e. The first-order valence-electron chi connectivity index (χ1n) is 42.2. The summed E-state index contributed by atoms with van der Waals surface area (Å²) < 4.78 is -1.44. The van der Waals surface area contributed by atoms with Crippen molar-refractivity contribution in [2.45, 2.75) is 252 Å². The van der Waals surface area contributed by atoms with Gasteiger partial charge >= 0.3 is 5.97 Å². The van der Waals surface area contributed by atoms with Crippen LogP contribution in [0, 0.1) is 17.2 Å². The fourth-order valence-corrected chi connectivity index (χ4v) is 13.6. The number of guanidine groups is 1. The fraction of sp³-hybridized carbons (Fsp3) is 0.637. The van der Waals surface area contributed by atoms with Crippen molar-refractivity contribution in [3.05, 3.63) is 59.7 Å². The summed E-state index contributed by atoms with van der Waals surface area (Å²) >= 11 is 8.79. The van der Waals surface area contributed by atoms with Gasteiger partial charge in [0.1, 0.15) is 102 Å². The molecule has 2 aromatic rings. The number of rotatable bonds is 57. The Labute approximate surface area is 753 Å². The first-order chi connectivity index (χ1) is 60.2. The maximum absolute atomic E-state index is 14.6. The van der Waals surface area contributed by atoms with Gasteiger partial charge in [-0.1, -0.05) is 58.4 Å². The number of benzene rings is 2. The van der Waals surface area contributed by atoms with Crippen molar-refractivity contribution in [1.82, 2.24) is 84.7 Å². The van der Waals surface area contributed by atoms with Crippen LogP contribution in [0.15, 0.2) is 48.5 Å². The number of thiol groups is 2. The zero-order valence-electron chi connectivity index (χ0n) is 73.3. The number of aliphatic hydroxyl groups is 3. The lowest BCUT2D eigenvalue weighted by Crippen LogP contribution is -2.64. The molecule has 128 heavy (non-hydrogen) atoms. The van der Waals surface area contributed by atoms with Gasteiger partial charge in [0, 0.05) is 42.9 Å². The maximum atomic E-state index is 14.6. The molecule has 1 heterocycles. The molecule has 46 nitrogen and oxygen atoms in total. The van der Waals surface area contributed by atoms with Gasteiger partial charge in [0.15, 0.2) is 5.96 Å². The molecule has 1 fully saturated rings. The minimum absolute atomic E-state index is 0.00551. The van der Waals surface area contributed by atoms with E-state index in [0.717, 1.165) is 18.7 Å². The van der Waals surface area contributed by atoms with Crippen LogP contribution in [0.1, 0.15) is 137 Å². The number of nitrogens with zero attached hydrogens (tertiary/aromatic N) is 1. The minimum Gasteiger partial charge on any atom is -0.508 e. The molecule has 36 N–H and O–H groups in total. The zero-order chi connectivity index (χ0) is 96.6. The molecule has 0 spiro atoms. The summed E-state index contributed by atoms with van der Waals surface area (Å²) in [5, 5.41) is 107. The van der Waals surface area contributed by atoms with Gasteiger partial charge in [-0.15, -0.1) is 0 Å².